The molecule has 0 aliphatic heterocycles. The zero-order chi connectivity index (χ0) is 10.7. The number of aryl methyl sites for hydroxylation is 2. The first-order chi connectivity index (χ1) is 7.29. The first-order valence-corrected chi connectivity index (χ1v) is 4.64. The number of nitriles is 1. The Labute approximate surface area is 87.3 Å². The molecule has 15 heavy (non-hydrogen) atoms. The fraction of sp³-hybridized carbons (Fsp3) is 0.200. The molecule has 0 spiro atoms. The van der Waals surface area contributed by atoms with Gasteiger partial charge in [-0.05, 0) is 18.2 Å². The molecule has 0 radical (unpaired) electrons. The van der Waals surface area contributed by atoms with Gasteiger partial charge in [0.2, 0.25) is 0 Å². The van der Waals surface area contributed by atoms with Crippen LogP contribution >= 0.6 is 0 Å². The Morgan fingerprint density at radius 3 is 2.87 bits per heavy atom. The van der Waals surface area contributed by atoms with Crippen LogP contribution < -0.4 is 5.73 Å². The van der Waals surface area contributed by atoms with E-state index in [2.05, 4.69) is 11.2 Å². The zero-order valence-electron chi connectivity index (χ0n) is 8.17. The van der Waals surface area contributed by atoms with Crippen molar-refractivity contribution in [3.05, 3.63) is 36.3 Å². The van der Waals surface area contributed by atoms with Gasteiger partial charge < -0.3 is 10.3 Å². The fourth-order valence-electron chi connectivity index (χ4n) is 1.42. The summed E-state index contributed by atoms with van der Waals surface area (Å²) in [5, 5.41) is 12.9. The summed E-state index contributed by atoms with van der Waals surface area (Å²) in [4.78, 5) is 0. The second kappa shape index (κ2) is 3.88. The number of nitrogens with zero attached hydrogens (tertiary/aromatic N) is 4. The van der Waals surface area contributed by atoms with Crippen LogP contribution in [-0.2, 0) is 13.1 Å². The van der Waals surface area contributed by atoms with Crippen molar-refractivity contribution < 1.29 is 0 Å². The van der Waals surface area contributed by atoms with E-state index in [0.717, 1.165) is 6.54 Å². The highest BCUT2D eigenvalue weighted by Gasteiger charge is 1.99. The lowest BCUT2D eigenvalue weighted by atomic mass is 10.4. The van der Waals surface area contributed by atoms with Crippen molar-refractivity contribution in [3.63, 3.8) is 0 Å². The molecule has 0 saturated carbocycles. The summed E-state index contributed by atoms with van der Waals surface area (Å²) in [6, 6.07) is 7.52. The number of hydrogen-bond donors (Lipinski definition) is 1. The fourth-order valence-corrected chi connectivity index (χ4v) is 1.42. The third kappa shape index (κ3) is 1.99. The number of aromatic nitrogens is 3. The van der Waals surface area contributed by atoms with E-state index >= 15 is 0 Å². The predicted molar refractivity (Wildman–Crippen MR) is 55.8 cm³/mol. The van der Waals surface area contributed by atoms with Gasteiger partial charge in [-0.3, -0.25) is 4.68 Å². The summed E-state index contributed by atoms with van der Waals surface area (Å²) in [5.74, 6) is 0.517. The molecule has 2 heterocycles. The summed E-state index contributed by atoms with van der Waals surface area (Å²) >= 11 is 0. The minimum Gasteiger partial charge on any atom is -0.382 e. The molecule has 0 atom stereocenters. The molecule has 0 bridgehead atoms. The maximum absolute atomic E-state index is 8.80. The molecule has 0 amide bonds. The highest BCUT2D eigenvalue weighted by Crippen LogP contribution is 2.02. The molecule has 0 aromatic carbocycles. The van der Waals surface area contributed by atoms with Crippen LogP contribution in [0.3, 0.4) is 0 Å². The number of rotatable bonds is 3. The number of anilines is 1. The van der Waals surface area contributed by atoms with Crippen molar-refractivity contribution in [2.24, 2.45) is 0 Å². The van der Waals surface area contributed by atoms with Gasteiger partial charge in [-0.15, -0.1) is 0 Å². The molecule has 2 N–H and O–H groups in total. The van der Waals surface area contributed by atoms with Crippen LogP contribution in [0.5, 0.6) is 0 Å². The van der Waals surface area contributed by atoms with Gasteiger partial charge in [0.1, 0.15) is 17.6 Å². The SMILES string of the molecule is N#Cc1cccn1CCn1ccc(N)n1. The van der Waals surface area contributed by atoms with E-state index < -0.39 is 0 Å². The Morgan fingerprint density at radius 1 is 1.33 bits per heavy atom. The molecular formula is C10H11N5. The average Bonchev–Trinajstić information content (AvgIpc) is 2.83. The monoisotopic (exact) mass is 201 g/mol. The summed E-state index contributed by atoms with van der Waals surface area (Å²) < 4.78 is 3.65. The number of nitrogens with two attached hydrogens (primary N) is 1. The number of nitrogen functional groups attached to an aromatic ring is 1. The Hall–Kier alpha value is -2.22. The summed E-state index contributed by atoms with van der Waals surface area (Å²) in [5.41, 5.74) is 6.15. The van der Waals surface area contributed by atoms with E-state index in [0.29, 0.717) is 18.1 Å². The van der Waals surface area contributed by atoms with Crippen molar-refractivity contribution in [1.82, 2.24) is 14.3 Å². The van der Waals surface area contributed by atoms with Crippen LogP contribution in [0.15, 0.2) is 30.6 Å². The molecule has 0 fully saturated rings. The van der Waals surface area contributed by atoms with Crippen molar-refractivity contribution in [1.29, 1.82) is 5.26 Å². The quantitative estimate of drug-likeness (QED) is 0.799. The molecule has 2 aromatic rings. The van der Waals surface area contributed by atoms with E-state index in [9.17, 15) is 0 Å². The summed E-state index contributed by atoms with van der Waals surface area (Å²) in [6.45, 7) is 1.43. The Balaban J connectivity index is 2.02. The Kier molecular flexibility index (Phi) is 2.42. The first-order valence-electron chi connectivity index (χ1n) is 4.64. The predicted octanol–water partition coefficient (Wildman–Crippen LogP) is 0.839. The van der Waals surface area contributed by atoms with Crippen LogP contribution in [0.25, 0.3) is 0 Å². The molecule has 76 valence electrons. The molecule has 0 aliphatic rings. The summed E-state index contributed by atoms with van der Waals surface area (Å²) in [7, 11) is 0. The molecule has 2 rings (SSSR count). The van der Waals surface area contributed by atoms with Gasteiger partial charge in [0.05, 0.1) is 6.54 Å². The summed E-state index contributed by atoms with van der Waals surface area (Å²) in [6.07, 6.45) is 3.70. The normalized spacial score (nSPS) is 10.1. The van der Waals surface area contributed by atoms with Crippen LogP contribution in [0, 0.1) is 11.3 Å². The van der Waals surface area contributed by atoms with E-state index in [1.54, 1.807) is 16.8 Å². The molecule has 0 saturated heterocycles. The third-order valence-corrected chi connectivity index (χ3v) is 2.18. The molecule has 2 aromatic heterocycles. The van der Waals surface area contributed by atoms with Gasteiger partial charge in [-0.25, -0.2) is 0 Å². The van der Waals surface area contributed by atoms with Crippen LogP contribution in [-0.4, -0.2) is 14.3 Å². The molecule has 0 aliphatic carbocycles. The lowest BCUT2D eigenvalue weighted by molar-refractivity contribution is 0.534. The standard InChI is InChI=1S/C10H11N5/c11-8-9-2-1-4-14(9)6-7-15-5-3-10(12)13-15/h1-5H,6-7H2,(H2,12,13). The third-order valence-electron chi connectivity index (χ3n) is 2.18. The van der Waals surface area contributed by atoms with Gasteiger partial charge >= 0.3 is 0 Å². The minimum atomic E-state index is 0.517. The topological polar surface area (TPSA) is 72.6 Å². The van der Waals surface area contributed by atoms with Gasteiger partial charge in [-0.2, -0.15) is 10.4 Å². The molecule has 5 heteroatoms. The largest absolute Gasteiger partial charge is 0.382 e. The van der Waals surface area contributed by atoms with Crippen LogP contribution in [0.4, 0.5) is 5.82 Å². The Bertz CT molecular complexity index is 488. The van der Waals surface area contributed by atoms with Gasteiger partial charge in [0, 0.05) is 18.9 Å². The van der Waals surface area contributed by atoms with Gasteiger partial charge in [-0.1, -0.05) is 0 Å². The molecule has 0 unspecified atom stereocenters. The highest BCUT2D eigenvalue weighted by molar-refractivity contribution is 5.24. The van der Waals surface area contributed by atoms with Crippen molar-refractivity contribution in [2.75, 3.05) is 5.73 Å². The van der Waals surface area contributed by atoms with E-state index in [-0.39, 0.29) is 0 Å². The Morgan fingerprint density at radius 2 is 2.20 bits per heavy atom. The maximum Gasteiger partial charge on any atom is 0.145 e. The van der Waals surface area contributed by atoms with Crippen LogP contribution in [0.2, 0.25) is 0 Å². The van der Waals surface area contributed by atoms with E-state index in [1.165, 1.54) is 0 Å². The van der Waals surface area contributed by atoms with Crippen molar-refractivity contribution >= 4 is 5.82 Å². The van der Waals surface area contributed by atoms with Crippen molar-refractivity contribution in [2.45, 2.75) is 13.1 Å². The van der Waals surface area contributed by atoms with Gasteiger partial charge in [0.15, 0.2) is 0 Å². The van der Waals surface area contributed by atoms with Crippen LogP contribution in [0.1, 0.15) is 5.69 Å². The molecular weight excluding hydrogens is 190 g/mol. The average molecular weight is 201 g/mol. The maximum atomic E-state index is 8.80. The van der Waals surface area contributed by atoms with E-state index in [4.69, 9.17) is 11.0 Å². The second-order valence-electron chi connectivity index (χ2n) is 3.20. The second-order valence-corrected chi connectivity index (χ2v) is 3.20. The van der Waals surface area contributed by atoms with E-state index in [1.807, 2.05) is 23.0 Å². The lowest BCUT2D eigenvalue weighted by Crippen LogP contribution is -2.08. The highest BCUT2D eigenvalue weighted by atomic mass is 15.3. The number of hydrogen-bond acceptors (Lipinski definition) is 3. The lowest BCUT2D eigenvalue weighted by Gasteiger charge is -2.04. The zero-order valence-corrected chi connectivity index (χ0v) is 8.17. The first kappa shape index (κ1) is 9.34. The van der Waals surface area contributed by atoms with Crippen molar-refractivity contribution in [3.8, 4) is 6.07 Å². The smallest absolute Gasteiger partial charge is 0.145 e. The van der Waals surface area contributed by atoms with Gasteiger partial charge in [0.25, 0.3) is 0 Å². The minimum absolute atomic E-state index is 0.517. The molecule has 5 nitrogen and oxygen atoms in total.